The van der Waals surface area contributed by atoms with Crippen molar-refractivity contribution >= 4 is 0 Å². The third-order valence-electron chi connectivity index (χ3n) is 2.78. The van der Waals surface area contributed by atoms with Crippen LogP contribution in [0.15, 0.2) is 30.3 Å². The van der Waals surface area contributed by atoms with E-state index >= 15 is 0 Å². The molecule has 4 nitrogen and oxygen atoms in total. The van der Waals surface area contributed by atoms with E-state index in [1.165, 1.54) is 0 Å². The third kappa shape index (κ3) is 4.84. The number of nitrogens with one attached hydrogen (secondary N) is 1. The molecule has 0 aromatic heterocycles. The van der Waals surface area contributed by atoms with Gasteiger partial charge in [0.2, 0.25) is 0 Å². The summed E-state index contributed by atoms with van der Waals surface area (Å²) < 4.78 is 5.11. The van der Waals surface area contributed by atoms with Crippen molar-refractivity contribution in [3.05, 3.63) is 35.9 Å². The van der Waals surface area contributed by atoms with Crippen molar-refractivity contribution in [1.82, 2.24) is 5.32 Å². The number of aliphatic hydroxyl groups excluding tert-OH is 1. The van der Waals surface area contributed by atoms with Gasteiger partial charge in [0.25, 0.3) is 0 Å². The number of nitrogens with zero attached hydrogens (tertiary/aromatic N) is 1. The molecule has 0 bridgehead atoms. The summed E-state index contributed by atoms with van der Waals surface area (Å²) in [5.41, 5.74) is 1.08. The van der Waals surface area contributed by atoms with E-state index in [-0.39, 0.29) is 18.7 Å². The van der Waals surface area contributed by atoms with Crippen LogP contribution in [0.5, 0.6) is 0 Å². The predicted octanol–water partition coefficient (Wildman–Crippen LogP) is 1.63. The van der Waals surface area contributed by atoms with Gasteiger partial charge in [-0.15, -0.1) is 0 Å². The fourth-order valence-electron chi connectivity index (χ4n) is 1.91. The average Bonchev–Trinajstić information content (AvgIpc) is 2.40. The zero-order chi connectivity index (χ0) is 13.2. The van der Waals surface area contributed by atoms with Gasteiger partial charge in [0.05, 0.1) is 19.1 Å². The smallest absolute Gasteiger partial charge is 0.0641 e. The molecule has 18 heavy (non-hydrogen) atoms. The molecule has 0 heterocycles. The Hall–Kier alpha value is -1.41. The van der Waals surface area contributed by atoms with E-state index in [2.05, 4.69) is 11.4 Å². The summed E-state index contributed by atoms with van der Waals surface area (Å²) in [4.78, 5) is 0. The lowest BCUT2D eigenvalue weighted by atomic mass is 10.0. The van der Waals surface area contributed by atoms with E-state index in [0.717, 1.165) is 5.56 Å². The summed E-state index contributed by atoms with van der Waals surface area (Å²) in [6.45, 7) is 0.629. The molecule has 0 aliphatic rings. The number of nitriles is 1. The lowest BCUT2D eigenvalue weighted by Gasteiger charge is -2.23. The standard InChI is InChI=1S/C14H20N2O2/c1-18-11-13(8-10-17)16-14(7-9-15)12-5-3-2-4-6-12/h2-6,13-14,16-17H,7-8,10-11H2,1H3. The van der Waals surface area contributed by atoms with Crippen LogP contribution in [0.1, 0.15) is 24.4 Å². The summed E-state index contributed by atoms with van der Waals surface area (Å²) in [5, 5.41) is 21.3. The number of benzene rings is 1. The van der Waals surface area contributed by atoms with Crippen molar-refractivity contribution in [3.8, 4) is 6.07 Å². The third-order valence-corrected chi connectivity index (χ3v) is 2.78. The summed E-state index contributed by atoms with van der Waals surface area (Å²) in [5.74, 6) is 0. The van der Waals surface area contributed by atoms with Gasteiger partial charge in [-0.25, -0.2) is 0 Å². The Morgan fingerprint density at radius 1 is 1.39 bits per heavy atom. The Labute approximate surface area is 108 Å². The minimum absolute atomic E-state index is 0.0251. The molecule has 0 spiro atoms. The summed E-state index contributed by atoms with van der Waals surface area (Å²) in [6.07, 6.45) is 1.01. The van der Waals surface area contributed by atoms with Crippen LogP contribution in [-0.4, -0.2) is 31.5 Å². The molecule has 0 amide bonds. The van der Waals surface area contributed by atoms with Crippen LogP contribution in [0.3, 0.4) is 0 Å². The molecule has 0 aliphatic carbocycles. The highest BCUT2D eigenvalue weighted by atomic mass is 16.5. The second kappa shape index (κ2) is 8.65. The van der Waals surface area contributed by atoms with Crippen LogP contribution in [0.4, 0.5) is 0 Å². The fourth-order valence-corrected chi connectivity index (χ4v) is 1.91. The lowest BCUT2D eigenvalue weighted by Crippen LogP contribution is -2.37. The first-order chi connectivity index (χ1) is 8.81. The second-order valence-corrected chi connectivity index (χ2v) is 4.16. The van der Waals surface area contributed by atoms with Crippen molar-refractivity contribution in [2.45, 2.75) is 24.9 Å². The van der Waals surface area contributed by atoms with E-state index < -0.39 is 0 Å². The zero-order valence-electron chi connectivity index (χ0n) is 10.7. The predicted molar refractivity (Wildman–Crippen MR) is 69.9 cm³/mol. The maximum Gasteiger partial charge on any atom is 0.0641 e. The van der Waals surface area contributed by atoms with Gasteiger partial charge in [0, 0.05) is 25.8 Å². The Morgan fingerprint density at radius 3 is 2.67 bits per heavy atom. The van der Waals surface area contributed by atoms with Gasteiger partial charge in [0.1, 0.15) is 0 Å². The van der Waals surface area contributed by atoms with Gasteiger partial charge in [-0.05, 0) is 12.0 Å². The molecule has 2 N–H and O–H groups in total. The maximum atomic E-state index is 9.02. The van der Waals surface area contributed by atoms with E-state index in [0.29, 0.717) is 19.4 Å². The molecule has 1 aromatic rings. The highest BCUT2D eigenvalue weighted by molar-refractivity contribution is 5.20. The lowest BCUT2D eigenvalue weighted by molar-refractivity contribution is 0.142. The Balaban J connectivity index is 2.70. The highest BCUT2D eigenvalue weighted by Gasteiger charge is 2.16. The zero-order valence-corrected chi connectivity index (χ0v) is 10.7. The van der Waals surface area contributed by atoms with Gasteiger partial charge in [-0.2, -0.15) is 5.26 Å². The Kier molecular flexibility index (Phi) is 7.04. The first kappa shape index (κ1) is 14.7. The van der Waals surface area contributed by atoms with Crippen LogP contribution in [0.25, 0.3) is 0 Å². The highest BCUT2D eigenvalue weighted by Crippen LogP contribution is 2.17. The van der Waals surface area contributed by atoms with Crippen LogP contribution in [0.2, 0.25) is 0 Å². The van der Waals surface area contributed by atoms with E-state index in [4.69, 9.17) is 15.1 Å². The van der Waals surface area contributed by atoms with Gasteiger partial charge in [-0.3, -0.25) is 0 Å². The number of rotatable bonds is 8. The molecular weight excluding hydrogens is 228 g/mol. The molecule has 2 unspecified atom stereocenters. The van der Waals surface area contributed by atoms with E-state index in [1.54, 1.807) is 7.11 Å². The van der Waals surface area contributed by atoms with Gasteiger partial charge in [-0.1, -0.05) is 30.3 Å². The van der Waals surface area contributed by atoms with Gasteiger partial charge in [0.15, 0.2) is 0 Å². The first-order valence-electron chi connectivity index (χ1n) is 6.09. The molecule has 0 fully saturated rings. The topological polar surface area (TPSA) is 65.3 Å². The number of methoxy groups -OCH3 is 1. The molecule has 2 atom stereocenters. The molecule has 0 radical (unpaired) electrons. The molecule has 1 aromatic carbocycles. The summed E-state index contributed by atoms with van der Waals surface area (Å²) in [7, 11) is 1.63. The summed E-state index contributed by atoms with van der Waals surface area (Å²) in [6, 6.07) is 12.1. The molecule has 0 aliphatic heterocycles. The number of ether oxygens (including phenoxy) is 1. The molecule has 1 rings (SSSR count). The van der Waals surface area contributed by atoms with E-state index in [9.17, 15) is 0 Å². The second-order valence-electron chi connectivity index (χ2n) is 4.16. The fraction of sp³-hybridized carbons (Fsp3) is 0.500. The minimum Gasteiger partial charge on any atom is -0.396 e. The molecule has 98 valence electrons. The quantitative estimate of drug-likeness (QED) is 0.734. The molecule has 4 heteroatoms. The first-order valence-corrected chi connectivity index (χ1v) is 6.09. The SMILES string of the molecule is COCC(CCO)NC(CC#N)c1ccccc1. The summed E-state index contributed by atoms with van der Waals surface area (Å²) >= 11 is 0. The van der Waals surface area contributed by atoms with Crippen molar-refractivity contribution in [2.75, 3.05) is 20.3 Å². The molecular formula is C14H20N2O2. The number of hydrogen-bond acceptors (Lipinski definition) is 4. The van der Waals surface area contributed by atoms with Crippen LogP contribution >= 0.6 is 0 Å². The van der Waals surface area contributed by atoms with Crippen LogP contribution in [0, 0.1) is 11.3 Å². The average molecular weight is 248 g/mol. The number of aliphatic hydroxyl groups is 1. The normalized spacial score (nSPS) is 13.8. The van der Waals surface area contributed by atoms with Crippen LogP contribution in [-0.2, 0) is 4.74 Å². The molecule has 0 saturated carbocycles. The Bertz CT molecular complexity index is 356. The van der Waals surface area contributed by atoms with Crippen molar-refractivity contribution in [3.63, 3.8) is 0 Å². The Morgan fingerprint density at radius 2 is 2.11 bits per heavy atom. The molecule has 0 saturated heterocycles. The largest absolute Gasteiger partial charge is 0.396 e. The number of hydrogen-bond donors (Lipinski definition) is 2. The van der Waals surface area contributed by atoms with E-state index in [1.807, 2.05) is 30.3 Å². The van der Waals surface area contributed by atoms with Gasteiger partial charge < -0.3 is 15.2 Å². The van der Waals surface area contributed by atoms with Crippen molar-refractivity contribution in [1.29, 1.82) is 5.26 Å². The van der Waals surface area contributed by atoms with Gasteiger partial charge >= 0.3 is 0 Å². The minimum atomic E-state index is -0.0251. The van der Waals surface area contributed by atoms with Crippen LogP contribution < -0.4 is 5.32 Å². The van der Waals surface area contributed by atoms with Crippen molar-refractivity contribution < 1.29 is 9.84 Å². The van der Waals surface area contributed by atoms with Crippen molar-refractivity contribution in [2.24, 2.45) is 0 Å². The maximum absolute atomic E-state index is 9.02. The monoisotopic (exact) mass is 248 g/mol.